The Balaban J connectivity index is 2.22. The van der Waals surface area contributed by atoms with Crippen LogP contribution < -0.4 is 10.3 Å². The number of hydrogen-bond donors (Lipinski definition) is 1. The lowest BCUT2D eigenvalue weighted by Gasteiger charge is -2.05. The van der Waals surface area contributed by atoms with Gasteiger partial charge in [0.1, 0.15) is 0 Å². The number of pyridine rings is 2. The van der Waals surface area contributed by atoms with E-state index in [1.165, 1.54) is 0 Å². The van der Waals surface area contributed by atoms with Gasteiger partial charge in [-0.3, -0.25) is 4.79 Å². The van der Waals surface area contributed by atoms with Crippen LogP contribution >= 0.6 is 0 Å². The second-order valence-electron chi connectivity index (χ2n) is 4.19. The van der Waals surface area contributed by atoms with E-state index in [1.807, 2.05) is 36.4 Å². The fourth-order valence-corrected chi connectivity index (χ4v) is 2.05. The fraction of sp³-hybridized carbons (Fsp3) is 0.0667. The predicted octanol–water partition coefficient (Wildman–Crippen LogP) is 2.60. The Morgan fingerprint density at radius 3 is 2.84 bits per heavy atom. The Hall–Kier alpha value is -2.62. The van der Waals surface area contributed by atoms with E-state index >= 15 is 0 Å². The third-order valence-corrected chi connectivity index (χ3v) is 3.01. The molecule has 4 heteroatoms. The fourth-order valence-electron chi connectivity index (χ4n) is 2.05. The van der Waals surface area contributed by atoms with Crippen LogP contribution in [0.25, 0.3) is 22.0 Å². The van der Waals surface area contributed by atoms with Crippen LogP contribution in [-0.4, -0.2) is 17.1 Å². The average Bonchev–Trinajstić information content (AvgIpc) is 2.47. The molecule has 0 fully saturated rings. The number of rotatable bonds is 2. The number of nitrogens with zero attached hydrogens (tertiary/aromatic N) is 1. The van der Waals surface area contributed by atoms with E-state index in [0.29, 0.717) is 11.3 Å². The normalized spacial score (nSPS) is 10.6. The molecule has 4 nitrogen and oxygen atoms in total. The van der Waals surface area contributed by atoms with E-state index in [-0.39, 0.29) is 5.56 Å². The lowest BCUT2D eigenvalue weighted by Crippen LogP contribution is -2.07. The highest BCUT2D eigenvalue weighted by Crippen LogP contribution is 2.21. The van der Waals surface area contributed by atoms with Crippen LogP contribution in [0.1, 0.15) is 0 Å². The van der Waals surface area contributed by atoms with Crippen molar-refractivity contribution in [3.05, 3.63) is 59.0 Å². The highest BCUT2D eigenvalue weighted by atomic mass is 16.5. The second-order valence-corrected chi connectivity index (χ2v) is 4.19. The zero-order valence-electron chi connectivity index (χ0n) is 10.4. The summed E-state index contributed by atoms with van der Waals surface area (Å²) >= 11 is 0. The summed E-state index contributed by atoms with van der Waals surface area (Å²) in [7, 11) is 1.56. The van der Waals surface area contributed by atoms with Gasteiger partial charge in [0, 0.05) is 28.9 Å². The maximum absolute atomic E-state index is 12.0. The van der Waals surface area contributed by atoms with Gasteiger partial charge < -0.3 is 9.72 Å². The minimum atomic E-state index is -0.0936. The summed E-state index contributed by atoms with van der Waals surface area (Å²) in [5.41, 5.74) is 1.53. The van der Waals surface area contributed by atoms with Crippen LogP contribution in [0, 0.1) is 0 Å². The van der Waals surface area contributed by atoms with Crippen molar-refractivity contribution in [1.82, 2.24) is 9.97 Å². The molecule has 0 saturated heterocycles. The highest BCUT2D eigenvalue weighted by Gasteiger charge is 2.05. The Morgan fingerprint density at radius 1 is 1.16 bits per heavy atom. The molecule has 0 radical (unpaired) electrons. The van der Waals surface area contributed by atoms with Crippen LogP contribution in [-0.2, 0) is 0 Å². The van der Waals surface area contributed by atoms with Crippen molar-refractivity contribution in [3.8, 4) is 17.1 Å². The van der Waals surface area contributed by atoms with Crippen molar-refractivity contribution in [3.63, 3.8) is 0 Å². The average molecular weight is 252 g/mol. The van der Waals surface area contributed by atoms with Crippen LogP contribution in [0.5, 0.6) is 5.88 Å². The first-order chi connectivity index (χ1) is 9.28. The van der Waals surface area contributed by atoms with Gasteiger partial charge in [-0.05, 0) is 23.6 Å². The molecule has 2 aromatic heterocycles. The summed E-state index contributed by atoms with van der Waals surface area (Å²) in [4.78, 5) is 19.0. The third-order valence-electron chi connectivity index (χ3n) is 3.01. The molecule has 2 heterocycles. The van der Waals surface area contributed by atoms with Gasteiger partial charge in [0.05, 0.1) is 7.11 Å². The van der Waals surface area contributed by atoms with E-state index in [2.05, 4.69) is 9.97 Å². The summed E-state index contributed by atoms with van der Waals surface area (Å²) in [5.74, 6) is 0.520. The first-order valence-corrected chi connectivity index (χ1v) is 5.90. The molecule has 1 aromatic carbocycles. The number of benzene rings is 1. The molecule has 0 atom stereocenters. The monoisotopic (exact) mass is 252 g/mol. The molecule has 0 bridgehead atoms. The molecule has 94 valence electrons. The van der Waals surface area contributed by atoms with Gasteiger partial charge >= 0.3 is 0 Å². The maximum Gasteiger partial charge on any atom is 0.256 e. The molecule has 19 heavy (non-hydrogen) atoms. The number of hydrogen-bond acceptors (Lipinski definition) is 3. The van der Waals surface area contributed by atoms with Gasteiger partial charge in [0.15, 0.2) is 0 Å². The lowest BCUT2D eigenvalue weighted by molar-refractivity contribution is 0.398. The van der Waals surface area contributed by atoms with Crippen LogP contribution in [0.2, 0.25) is 0 Å². The number of ether oxygens (including phenoxy) is 1. The summed E-state index contributed by atoms with van der Waals surface area (Å²) < 4.78 is 5.09. The lowest BCUT2D eigenvalue weighted by atomic mass is 10.1. The van der Waals surface area contributed by atoms with Crippen molar-refractivity contribution in [2.45, 2.75) is 0 Å². The van der Waals surface area contributed by atoms with Gasteiger partial charge in [-0.25, -0.2) is 4.98 Å². The largest absolute Gasteiger partial charge is 0.481 e. The zero-order chi connectivity index (χ0) is 13.2. The minimum absolute atomic E-state index is 0.0936. The van der Waals surface area contributed by atoms with Gasteiger partial charge in [0.25, 0.3) is 5.56 Å². The van der Waals surface area contributed by atoms with Gasteiger partial charge in [0.2, 0.25) is 5.88 Å². The zero-order valence-corrected chi connectivity index (χ0v) is 10.4. The molecular formula is C15H12N2O2. The van der Waals surface area contributed by atoms with E-state index in [4.69, 9.17) is 4.74 Å². The molecule has 0 unspecified atom stereocenters. The number of nitrogens with one attached hydrogen (secondary N) is 1. The van der Waals surface area contributed by atoms with Crippen molar-refractivity contribution in [2.75, 3.05) is 7.11 Å². The smallest absolute Gasteiger partial charge is 0.256 e. The summed E-state index contributed by atoms with van der Waals surface area (Å²) in [6.07, 6.45) is 1.65. The van der Waals surface area contributed by atoms with Crippen molar-refractivity contribution >= 4 is 10.8 Å². The number of H-pyrrole nitrogens is 1. The molecule has 3 rings (SSSR count). The van der Waals surface area contributed by atoms with Crippen molar-refractivity contribution in [1.29, 1.82) is 0 Å². The SMILES string of the molecule is COc1cc(-c2cc3ccccc3c(=O)[nH]2)ccn1. The summed E-state index contributed by atoms with van der Waals surface area (Å²) in [5, 5.41) is 1.60. The second kappa shape index (κ2) is 4.57. The number of fused-ring (bicyclic) bond motifs is 1. The molecule has 0 amide bonds. The summed E-state index contributed by atoms with van der Waals surface area (Å²) in [6, 6.07) is 13.1. The van der Waals surface area contributed by atoms with Crippen molar-refractivity contribution < 1.29 is 4.74 Å². The maximum atomic E-state index is 12.0. The van der Waals surface area contributed by atoms with E-state index in [1.54, 1.807) is 19.4 Å². The number of aromatic nitrogens is 2. The Morgan fingerprint density at radius 2 is 2.00 bits per heavy atom. The molecule has 0 aliphatic rings. The van der Waals surface area contributed by atoms with E-state index < -0.39 is 0 Å². The Bertz CT molecular complexity index is 793. The number of aromatic amines is 1. The van der Waals surface area contributed by atoms with Crippen molar-refractivity contribution in [2.24, 2.45) is 0 Å². The van der Waals surface area contributed by atoms with Crippen LogP contribution in [0.3, 0.4) is 0 Å². The number of methoxy groups -OCH3 is 1. The molecule has 0 aliphatic heterocycles. The molecule has 0 aliphatic carbocycles. The van der Waals surface area contributed by atoms with E-state index in [0.717, 1.165) is 16.6 Å². The quantitative estimate of drug-likeness (QED) is 0.762. The minimum Gasteiger partial charge on any atom is -0.481 e. The Labute approximate surface area is 109 Å². The van der Waals surface area contributed by atoms with Crippen LogP contribution in [0.15, 0.2) is 53.5 Å². The standard InChI is InChI=1S/C15H12N2O2/c1-19-14-9-11(6-7-16-14)13-8-10-4-2-3-5-12(10)15(18)17-13/h2-9H,1H3,(H,17,18). The molecule has 1 N–H and O–H groups in total. The Kier molecular flexibility index (Phi) is 2.76. The highest BCUT2D eigenvalue weighted by molar-refractivity contribution is 5.85. The van der Waals surface area contributed by atoms with Gasteiger partial charge in [-0.2, -0.15) is 0 Å². The van der Waals surface area contributed by atoms with E-state index in [9.17, 15) is 4.79 Å². The first-order valence-electron chi connectivity index (χ1n) is 5.90. The first kappa shape index (κ1) is 11.5. The molecule has 0 spiro atoms. The summed E-state index contributed by atoms with van der Waals surface area (Å²) in [6.45, 7) is 0. The predicted molar refractivity (Wildman–Crippen MR) is 74.4 cm³/mol. The van der Waals surface area contributed by atoms with Gasteiger partial charge in [-0.1, -0.05) is 18.2 Å². The topological polar surface area (TPSA) is 55.0 Å². The third kappa shape index (κ3) is 2.08. The molecule has 3 aromatic rings. The molecular weight excluding hydrogens is 240 g/mol. The molecule has 0 saturated carbocycles. The van der Waals surface area contributed by atoms with Gasteiger partial charge in [-0.15, -0.1) is 0 Å². The van der Waals surface area contributed by atoms with Crippen LogP contribution in [0.4, 0.5) is 0 Å².